The first-order valence-corrected chi connectivity index (χ1v) is 15.8. The van der Waals surface area contributed by atoms with Crippen molar-refractivity contribution in [1.29, 1.82) is 0 Å². The van der Waals surface area contributed by atoms with Gasteiger partial charge in [0.2, 0.25) is 8.32 Å². The zero-order valence-corrected chi connectivity index (χ0v) is 17.4. The van der Waals surface area contributed by atoms with E-state index in [1.54, 1.807) is 0 Å². The summed E-state index contributed by atoms with van der Waals surface area (Å²) < 4.78 is 6.47. The molecule has 0 radical (unpaired) electrons. The maximum atomic E-state index is 6.47. The Morgan fingerprint density at radius 3 is 2.19 bits per heavy atom. The number of hydrogen-bond donors (Lipinski definition) is 0. The fraction of sp³-hybridized carbons (Fsp3) is 0.625. The van der Waals surface area contributed by atoms with Crippen LogP contribution >= 0.6 is 21.7 Å². The van der Waals surface area contributed by atoms with Crippen molar-refractivity contribution in [3.8, 4) is 0 Å². The molecule has 2 unspecified atom stereocenters. The van der Waals surface area contributed by atoms with Crippen molar-refractivity contribution in [2.24, 2.45) is 0 Å². The van der Waals surface area contributed by atoms with E-state index < -0.39 is 16.6 Å². The summed E-state index contributed by atoms with van der Waals surface area (Å²) in [6.45, 7) is 11.4. The molecule has 1 saturated carbocycles. The standard InChI is InChI=1S/C16H27ClOSSi2/c1-20(2,3)18-21(4,5)14-11-9-13(10-12-14)15-7-6-8-16(15)19-17/h9-12,15-16H,6-8H2,1-5H3. The summed E-state index contributed by atoms with van der Waals surface area (Å²) >= 11 is 0. The molecule has 1 aliphatic carbocycles. The SMILES string of the molecule is C[Si](C)(C)O[Si](C)(C)c1ccc(C2CCCC2SCl)cc1. The fourth-order valence-electron chi connectivity index (χ4n) is 3.37. The molecule has 0 bridgehead atoms. The third kappa shape index (κ3) is 4.61. The minimum atomic E-state index is -1.77. The van der Waals surface area contributed by atoms with E-state index in [2.05, 4.69) is 57.0 Å². The zero-order valence-electron chi connectivity index (χ0n) is 13.8. The normalized spacial score (nSPS) is 23.5. The van der Waals surface area contributed by atoms with Gasteiger partial charge in [0.15, 0.2) is 8.32 Å². The molecule has 0 N–H and O–H groups in total. The Balaban J connectivity index is 2.15. The minimum Gasteiger partial charge on any atom is -0.452 e. The van der Waals surface area contributed by atoms with Crippen molar-refractivity contribution < 1.29 is 4.12 Å². The largest absolute Gasteiger partial charge is 0.452 e. The molecule has 2 atom stereocenters. The molecule has 0 aromatic heterocycles. The highest BCUT2D eigenvalue weighted by Gasteiger charge is 2.32. The molecule has 1 aromatic carbocycles. The maximum Gasteiger partial charge on any atom is 0.205 e. The van der Waals surface area contributed by atoms with Gasteiger partial charge >= 0.3 is 0 Å². The van der Waals surface area contributed by atoms with Gasteiger partial charge in [0.05, 0.1) is 0 Å². The second kappa shape index (κ2) is 6.79. The summed E-state index contributed by atoms with van der Waals surface area (Å²) in [6.07, 6.45) is 3.82. The molecule has 21 heavy (non-hydrogen) atoms. The number of rotatable bonds is 5. The number of benzene rings is 1. The van der Waals surface area contributed by atoms with Crippen molar-refractivity contribution in [2.75, 3.05) is 0 Å². The van der Waals surface area contributed by atoms with Crippen LogP contribution in [0.2, 0.25) is 32.7 Å². The monoisotopic (exact) mass is 358 g/mol. The van der Waals surface area contributed by atoms with Gasteiger partial charge in [-0.25, -0.2) is 0 Å². The van der Waals surface area contributed by atoms with Crippen LogP contribution in [0, 0.1) is 0 Å². The van der Waals surface area contributed by atoms with E-state index in [9.17, 15) is 0 Å². The predicted molar refractivity (Wildman–Crippen MR) is 102 cm³/mol. The first-order chi connectivity index (χ1) is 9.73. The van der Waals surface area contributed by atoms with Gasteiger partial charge < -0.3 is 4.12 Å². The van der Waals surface area contributed by atoms with Crippen LogP contribution in [-0.4, -0.2) is 21.9 Å². The summed E-state index contributed by atoms with van der Waals surface area (Å²) in [5.41, 5.74) is 1.45. The van der Waals surface area contributed by atoms with Crippen LogP contribution < -0.4 is 5.19 Å². The Morgan fingerprint density at radius 1 is 1.05 bits per heavy atom. The molecule has 0 spiro atoms. The Labute approximate surface area is 140 Å². The van der Waals surface area contributed by atoms with Crippen molar-refractivity contribution in [3.05, 3.63) is 29.8 Å². The van der Waals surface area contributed by atoms with Gasteiger partial charge in [0.1, 0.15) is 0 Å². The maximum absolute atomic E-state index is 6.47. The van der Waals surface area contributed by atoms with E-state index in [-0.39, 0.29) is 0 Å². The van der Waals surface area contributed by atoms with Crippen LogP contribution in [0.25, 0.3) is 0 Å². The van der Waals surface area contributed by atoms with Crippen LogP contribution in [0.15, 0.2) is 24.3 Å². The quantitative estimate of drug-likeness (QED) is 0.645. The molecule has 0 aliphatic heterocycles. The molecule has 2 rings (SSSR count). The van der Waals surface area contributed by atoms with Gasteiger partial charge in [-0.3, -0.25) is 0 Å². The third-order valence-electron chi connectivity index (χ3n) is 4.16. The highest BCUT2D eigenvalue weighted by molar-refractivity contribution is 8.21. The Morgan fingerprint density at radius 2 is 1.67 bits per heavy atom. The predicted octanol–water partition coefficient (Wildman–Crippen LogP) is 5.47. The highest BCUT2D eigenvalue weighted by atomic mass is 35.7. The van der Waals surface area contributed by atoms with Gasteiger partial charge in [-0.2, -0.15) is 0 Å². The molecule has 1 aliphatic rings. The zero-order chi connectivity index (χ0) is 15.7. The Kier molecular flexibility index (Phi) is 5.69. The second-order valence-electron chi connectivity index (χ2n) is 7.51. The van der Waals surface area contributed by atoms with Crippen molar-refractivity contribution in [3.63, 3.8) is 0 Å². The van der Waals surface area contributed by atoms with Crippen LogP contribution in [0.3, 0.4) is 0 Å². The number of hydrogen-bond acceptors (Lipinski definition) is 2. The van der Waals surface area contributed by atoms with E-state index in [1.807, 2.05) is 0 Å². The van der Waals surface area contributed by atoms with Crippen molar-refractivity contribution >= 4 is 43.5 Å². The Bertz CT molecular complexity index is 470. The molecular formula is C16H27ClOSSi2. The van der Waals surface area contributed by atoms with Gasteiger partial charge in [-0.15, -0.1) is 0 Å². The van der Waals surface area contributed by atoms with Crippen molar-refractivity contribution in [2.45, 2.75) is 63.2 Å². The molecule has 1 nitrogen and oxygen atoms in total. The molecule has 1 fully saturated rings. The molecule has 0 saturated heterocycles. The first kappa shape index (κ1) is 17.6. The summed E-state index contributed by atoms with van der Waals surface area (Å²) in [5.74, 6) is 0.629. The lowest BCUT2D eigenvalue weighted by molar-refractivity contribution is 0.566. The smallest absolute Gasteiger partial charge is 0.205 e. The number of halogens is 1. The first-order valence-electron chi connectivity index (χ1n) is 7.81. The second-order valence-corrected chi connectivity index (χ2v) is 17.5. The molecule has 5 heteroatoms. The van der Waals surface area contributed by atoms with E-state index in [1.165, 1.54) is 41.0 Å². The average molecular weight is 359 g/mol. The summed E-state index contributed by atoms with van der Waals surface area (Å²) in [4.78, 5) is 0. The van der Waals surface area contributed by atoms with E-state index >= 15 is 0 Å². The topological polar surface area (TPSA) is 9.23 Å². The summed E-state index contributed by atoms with van der Waals surface area (Å²) in [5, 5.41) is 1.99. The van der Waals surface area contributed by atoms with E-state index in [0.717, 1.165) is 0 Å². The summed E-state index contributed by atoms with van der Waals surface area (Å²) in [7, 11) is 4.29. The molecule has 1 aromatic rings. The molecule has 0 amide bonds. The minimum absolute atomic E-state index is 0.584. The average Bonchev–Trinajstić information content (AvgIpc) is 2.84. The lowest BCUT2D eigenvalue weighted by Gasteiger charge is -2.32. The van der Waals surface area contributed by atoms with E-state index in [0.29, 0.717) is 11.2 Å². The fourth-order valence-corrected chi connectivity index (χ4v) is 12.2. The van der Waals surface area contributed by atoms with Crippen LogP contribution in [0.4, 0.5) is 0 Å². The van der Waals surface area contributed by atoms with Crippen LogP contribution in [0.1, 0.15) is 30.7 Å². The molecule has 118 valence electrons. The molecule has 0 heterocycles. The van der Waals surface area contributed by atoms with Crippen molar-refractivity contribution in [1.82, 2.24) is 0 Å². The lowest BCUT2D eigenvalue weighted by Crippen LogP contribution is -2.51. The van der Waals surface area contributed by atoms with Gasteiger partial charge in [0.25, 0.3) is 0 Å². The van der Waals surface area contributed by atoms with Crippen LogP contribution in [0.5, 0.6) is 0 Å². The lowest BCUT2D eigenvalue weighted by atomic mass is 9.97. The van der Waals surface area contributed by atoms with E-state index in [4.69, 9.17) is 14.8 Å². The van der Waals surface area contributed by atoms with Crippen LogP contribution in [-0.2, 0) is 4.12 Å². The highest BCUT2D eigenvalue weighted by Crippen LogP contribution is 2.42. The van der Waals surface area contributed by atoms with Gasteiger partial charge in [-0.1, -0.05) is 41.7 Å². The van der Waals surface area contributed by atoms with Gasteiger partial charge in [0, 0.05) is 5.25 Å². The summed E-state index contributed by atoms with van der Waals surface area (Å²) in [6, 6.07) is 9.23. The molecular weight excluding hydrogens is 332 g/mol. The Hall–Kier alpha value is 0.254. The van der Waals surface area contributed by atoms with Gasteiger partial charge in [-0.05, 0) is 72.9 Å². The third-order valence-corrected chi connectivity index (χ3v) is 11.9.